The van der Waals surface area contributed by atoms with Crippen molar-refractivity contribution >= 4 is 21.8 Å². The van der Waals surface area contributed by atoms with Crippen molar-refractivity contribution in [2.45, 2.75) is 6.42 Å². The number of carbonyl (C=O) groups excluding carboxylic acids is 1. The second-order valence-corrected chi connectivity index (χ2v) is 4.11. The van der Waals surface area contributed by atoms with Gasteiger partial charge in [0, 0.05) is 17.8 Å². The van der Waals surface area contributed by atoms with E-state index in [2.05, 4.69) is 21.2 Å². The number of hydrogen-bond donors (Lipinski definition) is 1. The molecule has 0 radical (unpaired) electrons. The molecule has 17 heavy (non-hydrogen) atoms. The Morgan fingerprint density at radius 2 is 2.18 bits per heavy atom. The van der Waals surface area contributed by atoms with Crippen molar-refractivity contribution in [2.75, 3.05) is 25.6 Å². The van der Waals surface area contributed by atoms with Crippen LogP contribution in [-0.2, 0) is 4.79 Å². The highest BCUT2D eigenvalue weighted by molar-refractivity contribution is 9.09. The van der Waals surface area contributed by atoms with E-state index in [1.165, 1.54) is 0 Å². The predicted molar refractivity (Wildman–Crippen MR) is 69.9 cm³/mol. The number of methoxy groups -OCH3 is 1. The first kappa shape index (κ1) is 13.8. The van der Waals surface area contributed by atoms with Crippen molar-refractivity contribution in [3.8, 4) is 11.5 Å². The summed E-state index contributed by atoms with van der Waals surface area (Å²) in [5.41, 5.74) is 0. The van der Waals surface area contributed by atoms with Gasteiger partial charge in [-0.1, -0.05) is 22.0 Å². The van der Waals surface area contributed by atoms with Crippen molar-refractivity contribution in [3.63, 3.8) is 0 Å². The summed E-state index contributed by atoms with van der Waals surface area (Å²) in [6, 6.07) is 7.37. The summed E-state index contributed by atoms with van der Waals surface area (Å²) in [6.07, 6.45) is 0.485. The lowest BCUT2D eigenvalue weighted by atomic mass is 10.3. The zero-order chi connectivity index (χ0) is 12.5. The lowest BCUT2D eigenvalue weighted by Gasteiger charge is -2.08. The second-order valence-electron chi connectivity index (χ2n) is 3.32. The number of hydrogen-bond acceptors (Lipinski definition) is 3. The zero-order valence-electron chi connectivity index (χ0n) is 9.74. The Balaban J connectivity index is 2.24. The lowest BCUT2D eigenvalue weighted by Crippen LogP contribution is -2.28. The van der Waals surface area contributed by atoms with E-state index in [1.54, 1.807) is 13.2 Å². The Morgan fingerprint density at radius 3 is 2.88 bits per heavy atom. The smallest absolute Gasteiger partial charge is 0.220 e. The minimum Gasteiger partial charge on any atom is -0.497 e. The number of carbonyl (C=O) groups is 1. The van der Waals surface area contributed by atoms with Crippen LogP contribution in [0.3, 0.4) is 0 Å². The Labute approximate surface area is 109 Å². The molecular formula is C12H16BrNO3. The molecule has 0 aliphatic carbocycles. The van der Waals surface area contributed by atoms with E-state index in [9.17, 15) is 4.79 Å². The van der Waals surface area contributed by atoms with Crippen LogP contribution < -0.4 is 14.8 Å². The summed E-state index contributed by atoms with van der Waals surface area (Å²) in [6.45, 7) is 0.949. The average Bonchev–Trinajstić information content (AvgIpc) is 2.35. The van der Waals surface area contributed by atoms with E-state index in [0.717, 1.165) is 11.5 Å². The van der Waals surface area contributed by atoms with Gasteiger partial charge >= 0.3 is 0 Å². The normalized spacial score (nSPS) is 9.76. The minimum absolute atomic E-state index is 0.0242. The van der Waals surface area contributed by atoms with Crippen molar-refractivity contribution in [1.29, 1.82) is 0 Å². The molecule has 0 bridgehead atoms. The number of ether oxygens (including phenoxy) is 2. The summed E-state index contributed by atoms with van der Waals surface area (Å²) < 4.78 is 10.5. The summed E-state index contributed by atoms with van der Waals surface area (Å²) in [5, 5.41) is 3.43. The molecule has 0 aliphatic heterocycles. The summed E-state index contributed by atoms with van der Waals surface area (Å²) in [7, 11) is 1.61. The molecule has 1 aromatic carbocycles. The first-order chi connectivity index (χ1) is 8.26. The van der Waals surface area contributed by atoms with Crippen LogP contribution in [0.1, 0.15) is 6.42 Å². The van der Waals surface area contributed by atoms with Crippen molar-refractivity contribution in [2.24, 2.45) is 0 Å². The van der Waals surface area contributed by atoms with Crippen LogP contribution in [0.2, 0.25) is 0 Å². The van der Waals surface area contributed by atoms with Crippen LogP contribution in [0.4, 0.5) is 0 Å². The molecule has 0 atom stereocenters. The standard InChI is InChI=1S/C12H16BrNO3/c1-16-10-3-2-4-11(9-10)17-8-7-14-12(15)5-6-13/h2-4,9H,5-8H2,1H3,(H,14,15). The average molecular weight is 302 g/mol. The van der Waals surface area contributed by atoms with Gasteiger partial charge in [-0.25, -0.2) is 0 Å². The molecule has 0 fully saturated rings. The van der Waals surface area contributed by atoms with Gasteiger partial charge in [0.05, 0.1) is 13.7 Å². The Morgan fingerprint density at radius 1 is 1.41 bits per heavy atom. The highest BCUT2D eigenvalue weighted by atomic mass is 79.9. The molecule has 0 aromatic heterocycles. The van der Waals surface area contributed by atoms with Gasteiger partial charge < -0.3 is 14.8 Å². The maximum Gasteiger partial charge on any atom is 0.220 e. The highest BCUT2D eigenvalue weighted by Gasteiger charge is 1.99. The molecule has 0 saturated heterocycles. The molecule has 0 unspecified atom stereocenters. The number of benzene rings is 1. The number of amides is 1. The molecule has 94 valence electrons. The zero-order valence-corrected chi connectivity index (χ0v) is 11.3. The minimum atomic E-state index is 0.0242. The third-order valence-corrected chi connectivity index (χ3v) is 2.45. The van der Waals surface area contributed by atoms with E-state index in [-0.39, 0.29) is 5.91 Å². The highest BCUT2D eigenvalue weighted by Crippen LogP contribution is 2.18. The second kappa shape index (κ2) is 7.95. The predicted octanol–water partition coefficient (Wildman–Crippen LogP) is 1.98. The quantitative estimate of drug-likeness (QED) is 0.619. The van der Waals surface area contributed by atoms with Crippen LogP contribution in [0.15, 0.2) is 24.3 Å². The van der Waals surface area contributed by atoms with Crippen LogP contribution in [0.25, 0.3) is 0 Å². The largest absolute Gasteiger partial charge is 0.497 e. The summed E-state index contributed by atoms with van der Waals surface area (Å²) >= 11 is 3.21. The number of alkyl halides is 1. The fraction of sp³-hybridized carbons (Fsp3) is 0.417. The Hall–Kier alpha value is -1.23. The van der Waals surface area contributed by atoms with Gasteiger partial charge in [0.1, 0.15) is 18.1 Å². The molecule has 0 saturated carbocycles. The molecule has 1 aromatic rings. The van der Waals surface area contributed by atoms with Crippen LogP contribution in [-0.4, -0.2) is 31.5 Å². The van der Waals surface area contributed by atoms with E-state index in [1.807, 2.05) is 18.2 Å². The first-order valence-corrected chi connectivity index (χ1v) is 6.48. The number of rotatable bonds is 7. The maximum absolute atomic E-state index is 11.1. The number of nitrogens with one attached hydrogen (secondary N) is 1. The molecule has 4 nitrogen and oxygen atoms in total. The SMILES string of the molecule is COc1cccc(OCCNC(=O)CCBr)c1. The van der Waals surface area contributed by atoms with Crippen LogP contribution in [0.5, 0.6) is 11.5 Å². The molecular weight excluding hydrogens is 286 g/mol. The third kappa shape index (κ3) is 5.58. The molecule has 1 N–H and O–H groups in total. The fourth-order valence-electron chi connectivity index (χ4n) is 1.22. The Kier molecular flexibility index (Phi) is 6.47. The Bertz CT molecular complexity index is 357. The first-order valence-electron chi connectivity index (χ1n) is 5.36. The van der Waals surface area contributed by atoms with Crippen molar-refractivity contribution in [3.05, 3.63) is 24.3 Å². The van der Waals surface area contributed by atoms with E-state index >= 15 is 0 Å². The van der Waals surface area contributed by atoms with Crippen molar-refractivity contribution < 1.29 is 14.3 Å². The molecule has 1 rings (SSSR count). The van der Waals surface area contributed by atoms with Gasteiger partial charge in [0.15, 0.2) is 0 Å². The van der Waals surface area contributed by atoms with E-state index in [4.69, 9.17) is 9.47 Å². The summed E-state index contributed by atoms with van der Waals surface area (Å²) in [5.74, 6) is 1.51. The molecule has 1 amide bonds. The third-order valence-electron chi connectivity index (χ3n) is 2.06. The monoisotopic (exact) mass is 301 g/mol. The van der Waals surface area contributed by atoms with Crippen LogP contribution >= 0.6 is 15.9 Å². The van der Waals surface area contributed by atoms with Gasteiger partial charge in [-0.05, 0) is 12.1 Å². The van der Waals surface area contributed by atoms with Crippen LogP contribution in [0, 0.1) is 0 Å². The van der Waals surface area contributed by atoms with Crippen molar-refractivity contribution in [1.82, 2.24) is 5.32 Å². The van der Waals surface area contributed by atoms with E-state index < -0.39 is 0 Å². The molecule has 0 spiro atoms. The van der Waals surface area contributed by atoms with Gasteiger partial charge in [-0.3, -0.25) is 4.79 Å². The maximum atomic E-state index is 11.1. The molecule has 0 heterocycles. The lowest BCUT2D eigenvalue weighted by molar-refractivity contribution is -0.120. The summed E-state index contributed by atoms with van der Waals surface area (Å²) in [4.78, 5) is 11.1. The van der Waals surface area contributed by atoms with Gasteiger partial charge in [-0.15, -0.1) is 0 Å². The van der Waals surface area contributed by atoms with Gasteiger partial charge in [0.2, 0.25) is 5.91 Å². The number of halogens is 1. The fourth-order valence-corrected chi connectivity index (χ4v) is 1.58. The topological polar surface area (TPSA) is 47.6 Å². The molecule has 5 heteroatoms. The van der Waals surface area contributed by atoms with Gasteiger partial charge in [-0.2, -0.15) is 0 Å². The van der Waals surface area contributed by atoms with E-state index in [0.29, 0.717) is 24.9 Å². The molecule has 0 aliphatic rings. The van der Waals surface area contributed by atoms with Gasteiger partial charge in [0.25, 0.3) is 0 Å².